The van der Waals surface area contributed by atoms with Crippen LogP contribution in [0.5, 0.6) is 5.75 Å². The molecule has 1 saturated heterocycles. The van der Waals surface area contributed by atoms with Crippen LogP contribution in [-0.4, -0.2) is 67.9 Å². The summed E-state index contributed by atoms with van der Waals surface area (Å²) in [4.78, 5) is 16.1. The number of carbonyl (C=O) groups excluding carboxylic acids is 1. The van der Waals surface area contributed by atoms with Gasteiger partial charge in [-0.2, -0.15) is 0 Å². The number of methoxy groups -OCH3 is 1. The molecule has 0 radical (unpaired) electrons. The van der Waals surface area contributed by atoms with E-state index in [1.54, 1.807) is 12.0 Å². The van der Waals surface area contributed by atoms with Crippen molar-refractivity contribution in [1.29, 1.82) is 0 Å². The Balaban J connectivity index is 1.61. The highest BCUT2D eigenvalue weighted by Crippen LogP contribution is 2.13. The van der Waals surface area contributed by atoms with E-state index in [1.165, 1.54) is 0 Å². The molecule has 0 aliphatic carbocycles. The summed E-state index contributed by atoms with van der Waals surface area (Å²) >= 11 is 0. The minimum Gasteiger partial charge on any atom is -0.497 e. The minimum atomic E-state index is -0.441. The molecule has 6 nitrogen and oxygen atoms in total. The predicted octanol–water partition coefficient (Wildman–Crippen LogP) is 2.76. The van der Waals surface area contributed by atoms with Crippen LogP contribution in [0.15, 0.2) is 24.3 Å². The average Bonchev–Trinajstić information content (AvgIpc) is 2.58. The smallest absolute Gasteiger partial charge is 0.410 e. The van der Waals surface area contributed by atoms with E-state index in [4.69, 9.17) is 14.2 Å². The second-order valence-electron chi connectivity index (χ2n) is 7.21. The van der Waals surface area contributed by atoms with Crippen LogP contribution in [0.25, 0.3) is 0 Å². The number of rotatable bonds is 6. The van der Waals surface area contributed by atoms with E-state index in [1.807, 2.05) is 45.0 Å². The van der Waals surface area contributed by atoms with Crippen molar-refractivity contribution in [3.63, 3.8) is 0 Å². The van der Waals surface area contributed by atoms with Crippen LogP contribution in [0.1, 0.15) is 26.3 Å². The fraction of sp³-hybridized carbons (Fsp3) is 0.632. The summed E-state index contributed by atoms with van der Waals surface area (Å²) in [6, 6.07) is 7.90. The van der Waals surface area contributed by atoms with Crippen LogP contribution in [0.2, 0.25) is 0 Å². The van der Waals surface area contributed by atoms with E-state index in [0.717, 1.165) is 30.9 Å². The summed E-state index contributed by atoms with van der Waals surface area (Å²) in [5, 5.41) is 0. The van der Waals surface area contributed by atoms with Gasteiger partial charge in [-0.25, -0.2) is 4.79 Å². The molecule has 140 valence electrons. The number of ether oxygens (including phenoxy) is 3. The molecular formula is C19H30N2O4. The second-order valence-corrected chi connectivity index (χ2v) is 7.21. The van der Waals surface area contributed by atoms with Crippen LogP contribution >= 0.6 is 0 Å². The fourth-order valence-electron chi connectivity index (χ4n) is 2.59. The molecule has 1 aromatic rings. The minimum absolute atomic E-state index is 0.220. The van der Waals surface area contributed by atoms with Gasteiger partial charge in [-0.05, 0) is 38.5 Å². The molecule has 0 aromatic heterocycles. The molecule has 0 unspecified atom stereocenters. The van der Waals surface area contributed by atoms with E-state index in [0.29, 0.717) is 26.3 Å². The topological polar surface area (TPSA) is 51.2 Å². The number of nitrogens with zero attached hydrogens (tertiary/aromatic N) is 2. The van der Waals surface area contributed by atoms with Crippen molar-refractivity contribution in [3.8, 4) is 5.75 Å². The lowest BCUT2D eigenvalue weighted by Crippen LogP contribution is -2.50. The lowest BCUT2D eigenvalue weighted by atomic mass is 10.2. The van der Waals surface area contributed by atoms with Crippen molar-refractivity contribution in [2.75, 3.05) is 46.4 Å². The summed E-state index contributed by atoms with van der Waals surface area (Å²) in [7, 11) is 1.66. The molecule has 1 aliphatic heterocycles. The first-order valence-electron chi connectivity index (χ1n) is 8.78. The monoisotopic (exact) mass is 350 g/mol. The normalized spacial score (nSPS) is 15.9. The number of benzene rings is 1. The molecule has 0 bridgehead atoms. The molecule has 1 aliphatic rings. The molecule has 0 atom stereocenters. The summed E-state index contributed by atoms with van der Waals surface area (Å²) < 4.78 is 16.3. The third-order valence-electron chi connectivity index (χ3n) is 4.00. The fourth-order valence-corrected chi connectivity index (χ4v) is 2.59. The summed E-state index contributed by atoms with van der Waals surface area (Å²) in [6.07, 6.45) is -0.220. The molecule has 0 saturated carbocycles. The molecule has 1 amide bonds. The Hall–Kier alpha value is -1.79. The zero-order valence-electron chi connectivity index (χ0n) is 15.8. The molecular weight excluding hydrogens is 320 g/mol. The molecule has 1 aromatic carbocycles. The zero-order chi connectivity index (χ0) is 18.3. The van der Waals surface area contributed by atoms with Crippen LogP contribution < -0.4 is 4.74 Å². The lowest BCUT2D eigenvalue weighted by molar-refractivity contribution is 0.0110. The van der Waals surface area contributed by atoms with Gasteiger partial charge in [0.15, 0.2) is 0 Å². The molecule has 6 heteroatoms. The maximum atomic E-state index is 12.0. The van der Waals surface area contributed by atoms with E-state index in [9.17, 15) is 4.79 Å². The maximum absolute atomic E-state index is 12.0. The zero-order valence-corrected chi connectivity index (χ0v) is 15.8. The van der Waals surface area contributed by atoms with Gasteiger partial charge in [0.1, 0.15) is 11.4 Å². The van der Waals surface area contributed by atoms with Gasteiger partial charge >= 0.3 is 6.09 Å². The lowest BCUT2D eigenvalue weighted by Gasteiger charge is -2.35. The Morgan fingerprint density at radius 2 is 1.72 bits per heavy atom. The van der Waals surface area contributed by atoms with Crippen molar-refractivity contribution < 1.29 is 19.0 Å². The third kappa shape index (κ3) is 6.92. The summed E-state index contributed by atoms with van der Waals surface area (Å²) in [5.74, 6) is 0.853. The van der Waals surface area contributed by atoms with Crippen LogP contribution in [0, 0.1) is 0 Å². The Morgan fingerprint density at radius 1 is 1.08 bits per heavy atom. The quantitative estimate of drug-likeness (QED) is 0.739. The molecule has 0 spiro atoms. The van der Waals surface area contributed by atoms with Gasteiger partial charge in [-0.1, -0.05) is 12.1 Å². The van der Waals surface area contributed by atoms with Crippen LogP contribution in [-0.2, 0) is 16.1 Å². The van der Waals surface area contributed by atoms with Gasteiger partial charge < -0.3 is 19.1 Å². The van der Waals surface area contributed by atoms with Gasteiger partial charge in [0.2, 0.25) is 0 Å². The number of piperazine rings is 1. The van der Waals surface area contributed by atoms with Gasteiger partial charge in [0.05, 0.1) is 20.3 Å². The van der Waals surface area contributed by atoms with Gasteiger partial charge in [-0.15, -0.1) is 0 Å². The number of hydrogen-bond acceptors (Lipinski definition) is 5. The Morgan fingerprint density at radius 3 is 2.28 bits per heavy atom. The number of amides is 1. The standard InChI is InChI=1S/C19H30N2O4/c1-19(2,3)25-18(22)21-11-9-20(10-12-21)13-14-24-15-16-5-7-17(23-4)8-6-16/h5-8H,9-15H2,1-4H3. The number of carbonyl (C=O) groups is 1. The van der Waals surface area contributed by atoms with E-state index in [2.05, 4.69) is 4.90 Å². The summed E-state index contributed by atoms with van der Waals surface area (Å²) in [5.41, 5.74) is 0.694. The van der Waals surface area contributed by atoms with Crippen molar-refractivity contribution in [2.45, 2.75) is 33.0 Å². The first-order valence-corrected chi connectivity index (χ1v) is 8.78. The molecule has 1 heterocycles. The third-order valence-corrected chi connectivity index (χ3v) is 4.00. The highest BCUT2D eigenvalue weighted by atomic mass is 16.6. The van der Waals surface area contributed by atoms with Crippen molar-refractivity contribution in [3.05, 3.63) is 29.8 Å². The molecule has 1 fully saturated rings. The van der Waals surface area contributed by atoms with Crippen LogP contribution in [0.3, 0.4) is 0 Å². The van der Waals surface area contributed by atoms with Gasteiger partial charge in [-0.3, -0.25) is 4.90 Å². The maximum Gasteiger partial charge on any atom is 0.410 e. The Labute approximate surface area is 150 Å². The van der Waals surface area contributed by atoms with Gasteiger partial charge in [0.25, 0.3) is 0 Å². The Bertz CT molecular complexity index is 531. The highest BCUT2D eigenvalue weighted by Gasteiger charge is 2.25. The van der Waals surface area contributed by atoms with Crippen LogP contribution in [0.4, 0.5) is 4.79 Å². The van der Waals surface area contributed by atoms with E-state index < -0.39 is 5.60 Å². The second kappa shape index (κ2) is 9.06. The molecule has 25 heavy (non-hydrogen) atoms. The molecule has 0 N–H and O–H groups in total. The van der Waals surface area contributed by atoms with Crippen molar-refractivity contribution in [2.24, 2.45) is 0 Å². The van der Waals surface area contributed by atoms with E-state index >= 15 is 0 Å². The summed E-state index contributed by atoms with van der Waals surface area (Å²) in [6.45, 7) is 10.9. The first kappa shape index (κ1) is 19.5. The molecule has 2 rings (SSSR count). The predicted molar refractivity (Wildman–Crippen MR) is 96.9 cm³/mol. The highest BCUT2D eigenvalue weighted by molar-refractivity contribution is 5.68. The van der Waals surface area contributed by atoms with Crippen molar-refractivity contribution >= 4 is 6.09 Å². The van der Waals surface area contributed by atoms with Crippen molar-refractivity contribution in [1.82, 2.24) is 9.80 Å². The van der Waals surface area contributed by atoms with E-state index in [-0.39, 0.29) is 6.09 Å². The average molecular weight is 350 g/mol. The number of hydrogen-bond donors (Lipinski definition) is 0. The van der Waals surface area contributed by atoms with Gasteiger partial charge in [0, 0.05) is 32.7 Å². The SMILES string of the molecule is COc1ccc(COCCN2CCN(C(=O)OC(C)(C)C)CC2)cc1. The Kier molecular flexibility index (Phi) is 7.08. The largest absolute Gasteiger partial charge is 0.497 e. The first-order chi connectivity index (χ1) is 11.9.